The number of hydrogen-bond acceptors (Lipinski definition) is 3. The predicted octanol–water partition coefficient (Wildman–Crippen LogP) is 2.87. The molecular weight excluding hydrogens is 312 g/mol. The molecule has 1 aromatic rings. The standard InChI is InChI=1S/C11H10BrF2NO3/c1-17-8-3-2-6(4-7(8)12)9-11(13,14)5-18-10(16)15-9/h2-4,9H,5H2,1H3,(H,15,16)/t9-/m0/s1. The number of carbonyl (C=O) groups excluding carboxylic acids is 1. The average molecular weight is 322 g/mol. The summed E-state index contributed by atoms with van der Waals surface area (Å²) >= 11 is 3.21. The van der Waals surface area contributed by atoms with E-state index in [1.165, 1.54) is 19.2 Å². The monoisotopic (exact) mass is 321 g/mol. The van der Waals surface area contributed by atoms with Crippen LogP contribution in [0.25, 0.3) is 0 Å². The smallest absolute Gasteiger partial charge is 0.408 e. The maximum absolute atomic E-state index is 13.7. The zero-order chi connectivity index (χ0) is 13.3. The van der Waals surface area contributed by atoms with Gasteiger partial charge in [0.1, 0.15) is 11.8 Å². The van der Waals surface area contributed by atoms with Gasteiger partial charge in [-0.1, -0.05) is 6.07 Å². The Morgan fingerprint density at radius 2 is 2.28 bits per heavy atom. The Bertz CT molecular complexity index is 481. The second-order valence-corrected chi connectivity index (χ2v) is 4.66. The lowest BCUT2D eigenvalue weighted by atomic mass is 10.00. The first-order valence-corrected chi connectivity index (χ1v) is 5.88. The van der Waals surface area contributed by atoms with Gasteiger partial charge in [0, 0.05) is 0 Å². The number of ether oxygens (including phenoxy) is 2. The molecule has 18 heavy (non-hydrogen) atoms. The van der Waals surface area contributed by atoms with Crippen LogP contribution < -0.4 is 10.1 Å². The van der Waals surface area contributed by atoms with Gasteiger partial charge in [0.05, 0.1) is 11.6 Å². The number of methoxy groups -OCH3 is 1. The SMILES string of the molecule is COc1ccc([C@@H]2NC(=O)OCC2(F)F)cc1Br. The number of amides is 1. The van der Waals surface area contributed by atoms with E-state index in [2.05, 4.69) is 26.0 Å². The maximum Gasteiger partial charge on any atom is 0.408 e. The molecule has 0 spiro atoms. The highest BCUT2D eigenvalue weighted by Crippen LogP contribution is 2.37. The number of carbonyl (C=O) groups is 1. The molecule has 1 N–H and O–H groups in total. The van der Waals surface area contributed by atoms with Crippen LogP contribution in [0, 0.1) is 0 Å². The zero-order valence-corrected chi connectivity index (χ0v) is 11.0. The van der Waals surface area contributed by atoms with Gasteiger partial charge in [-0.25, -0.2) is 13.6 Å². The maximum atomic E-state index is 13.7. The number of hydrogen-bond donors (Lipinski definition) is 1. The van der Waals surface area contributed by atoms with E-state index < -0.39 is 24.7 Å². The Balaban J connectivity index is 2.34. The van der Waals surface area contributed by atoms with Crippen LogP contribution in [0.15, 0.2) is 22.7 Å². The molecule has 1 aromatic carbocycles. The van der Waals surface area contributed by atoms with Gasteiger partial charge in [-0.2, -0.15) is 0 Å². The van der Waals surface area contributed by atoms with Crippen molar-refractivity contribution in [3.8, 4) is 5.75 Å². The van der Waals surface area contributed by atoms with Crippen LogP contribution >= 0.6 is 15.9 Å². The molecule has 2 rings (SSSR count). The van der Waals surface area contributed by atoms with Crippen molar-refractivity contribution in [1.29, 1.82) is 0 Å². The van der Waals surface area contributed by atoms with Crippen molar-refractivity contribution in [3.05, 3.63) is 28.2 Å². The summed E-state index contributed by atoms with van der Waals surface area (Å²) in [5, 5.41) is 2.11. The molecule has 1 saturated heterocycles. The lowest BCUT2D eigenvalue weighted by molar-refractivity contribution is -0.104. The van der Waals surface area contributed by atoms with Crippen LogP contribution in [-0.2, 0) is 4.74 Å². The quantitative estimate of drug-likeness (QED) is 0.911. The van der Waals surface area contributed by atoms with E-state index in [9.17, 15) is 13.6 Å². The first kappa shape index (κ1) is 13.1. The molecule has 4 nitrogen and oxygen atoms in total. The van der Waals surface area contributed by atoms with Gasteiger partial charge in [0.2, 0.25) is 0 Å². The molecule has 1 aliphatic heterocycles. The van der Waals surface area contributed by atoms with Crippen LogP contribution in [0.4, 0.5) is 13.6 Å². The first-order chi connectivity index (χ1) is 8.44. The van der Waals surface area contributed by atoms with Crippen LogP contribution in [0.1, 0.15) is 11.6 Å². The number of halogens is 3. The Labute approximate surface area is 110 Å². The van der Waals surface area contributed by atoms with Gasteiger partial charge in [-0.3, -0.25) is 0 Å². The van der Waals surface area contributed by atoms with Gasteiger partial charge in [-0.05, 0) is 33.6 Å². The van der Waals surface area contributed by atoms with E-state index in [1.54, 1.807) is 6.07 Å². The molecule has 1 aliphatic rings. The van der Waals surface area contributed by atoms with Crippen molar-refractivity contribution >= 4 is 22.0 Å². The summed E-state index contributed by atoms with van der Waals surface area (Å²) in [4.78, 5) is 11.0. The van der Waals surface area contributed by atoms with E-state index in [0.29, 0.717) is 10.2 Å². The average Bonchev–Trinajstić information content (AvgIpc) is 2.32. The van der Waals surface area contributed by atoms with Gasteiger partial charge in [0.25, 0.3) is 0 Å². The van der Waals surface area contributed by atoms with Crippen molar-refractivity contribution in [1.82, 2.24) is 5.32 Å². The topological polar surface area (TPSA) is 47.6 Å². The lowest BCUT2D eigenvalue weighted by Crippen LogP contribution is -2.49. The van der Waals surface area contributed by atoms with Crippen LogP contribution in [0.5, 0.6) is 5.75 Å². The van der Waals surface area contributed by atoms with Gasteiger partial charge >= 0.3 is 12.0 Å². The fourth-order valence-corrected chi connectivity index (χ4v) is 2.26. The summed E-state index contributed by atoms with van der Waals surface area (Å²) in [7, 11) is 1.48. The molecule has 0 aliphatic carbocycles. The van der Waals surface area contributed by atoms with Crippen molar-refractivity contribution < 1.29 is 23.0 Å². The fraction of sp³-hybridized carbons (Fsp3) is 0.364. The van der Waals surface area contributed by atoms with E-state index in [4.69, 9.17) is 4.74 Å². The number of benzene rings is 1. The summed E-state index contributed by atoms with van der Waals surface area (Å²) < 4.78 is 37.1. The molecular formula is C11H10BrF2NO3. The van der Waals surface area contributed by atoms with Crippen LogP contribution in [0.2, 0.25) is 0 Å². The van der Waals surface area contributed by atoms with E-state index in [-0.39, 0.29) is 5.56 Å². The number of nitrogens with one attached hydrogen (secondary N) is 1. The van der Waals surface area contributed by atoms with E-state index >= 15 is 0 Å². The van der Waals surface area contributed by atoms with Crippen LogP contribution in [0.3, 0.4) is 0 Å². The Kier molecular flexibility index (Phi) is 3.43. The third kappa shape index (κ3) is 2.40. The van der Waals surface area contributed by atoms with Crippen molar-refractivity contribution in [3.63, 3.8) is 0 Å². The Hall–Kier alpha value is -1.37. The van der Waals surface area contributed by atoms with Crippen LogP contribution in [-0.4, -0.2) is 25.7 Å². The number of rotatable bonds is 2. The normalized spacial score (nSPS) is 22.0. The fourth-order valence-electron chi connectivity index (χ4n) is 1.70. The van der Waals surface area contributed by atoms with Gasteiger partial charge in [0.15, 0.2) is 6.61 Å². The highest BCUT2D eigenvalue weighted by atomic mass is 79.9. The minimum Gasteiger partial charge on any atom is -0.496 e. The summed E-state index contributed by atoms with van der Waals surface area (Å²) in [5.74, 6) is -2.62. The highest BCUT2D eigenvalue weighted by molar-refractivity contribution is 9.10. The molecule has 1 heterocycles. The third-order valence-electron chi connectivity index (χ3n) is 2.59. The van der Waals surface area contributed by atoms with Crippen molar-refractivity contribution in [2.24, 2.45) is 0 Å². The molecule has 1 fully saturated rings. The third-order valence-corrected chi connectivity index (χ3v) is 3.21. The minimum absolute atomic E-state index is 0.282. The molecule has 0 aromatic heterocycles. The molecule has 1 atom stereocenters. The minimum atomic E-state index is -3.15. The summed E-state index contributed by atoms with van der Waals surface area (Å²) in [6.45, 7) is -0.923. The van der Waals surface area contributed by atoms with Gasteiger partial charge in [-0.15, -0.1) is 0 Å². The van der Waals surface area contributed by atoms with Gasteiger partial charge < -0.3 is 14.8 Å². The predicted molar refractivity (Wildman–Crippen MR) is 62.9 cm³/mol. The number of alkyl carbamates (subject to hydrolysis) is 1. The second kappa shape index (κ2) is 4.72. The highest BCUT2D eigenvalue weighted by Gasteiger charge is 2.46. The molecule has 0 unspecified atom stereocenters. The molecule has 98 valence electrons. The molecule has 7 heteroatoms. The molecule has 1 amide bonds. The Morgan fingerprint density at radius 3 is 2.89 bits per heavy atom. The second-order valence-electron chi connectivity index (χ2n) is 3.81. The molecule has 0 saturated carbocycles. The zero-order valence-electron chi connectivity index (χ0n) is 9.38. The number of cyclic esters (lactones) is 1. The Morgan fingerprint density at radius 1 is 1.56 bits per heavy atom. The largest absolute Gasteiger partial charge is 0.496 e. The summed E-state index contributed by atoms with van der Waals surface area (Å²) in [6, 6.07) is 3.12. The van der Waals surface area contributed by atoms with E-state index in [0.717, 1.165) is 0 Å². The molecule has 0 radical (unpaired) electrons. The summed E-state index contributed by atoms with van der Waals surface area (Å²) in [6.07, 6.45) is -0.849. The summed E-state index contributed by atoms with van der Waals surface area (Å²) in [5.41, 5.74) is 0.282. The lowest BCUT2D eigenvalue weighted by Gasteiger charge is -2.32. The number of alkyl halides is 2. The molecule has 0 bridgehead atoms. The van der Waals surface area contributed by atoms with Crippen molar-refractivity contribution in [2.75, 3.05) is 13.7 Å². The van der Waals surface area contributed by atoms with Crippen molar-refractivity contribution in [2.45, 2.75) is 12.0 Å². The van der Waals surface area contributed by atoms with E-state index in [1.807, 2.05) is 0 Å². The first-order valence-electron chi connectivity index (χ1n) is 5.08.